The number of aromatic carboxylic acids is 2. The van der Waals surface area contributed by atoms with Crippen molar-refractivity contribution in [2.24, 2.45) is 0 Å². The summed E-state index contributed by atoms with van der Waals surface area (Å²) in [6.07, 6.45) is 0. The Labute approximate surface area is 124 Å². The third-order valence-electron chi connectivity index (χ3n) is 2.50. The summed E-state index contributed by atoms with van der Waals surface area (Å²) in [6.45, 7) is 0. The quantitative estimate of drug-likeness (QED) is 0.896. The van der Waals surface area contributed by atoms with Gasteiger partial charge in [0, 0.05) is 14.8 Å². The van der Waals surface area contributed by atoms with Gasteiger partial charge in [0.05, 0.1) is 11.1 Å². The topological polar surface area (TPSA) is 74.6 Å². The van der Waals surface area contributed by atoms with E-state index in [1.54, 1.807) is 24.3 Å². The first-order valence-corrected chi connectivity index (χ1v) is 6.71. The zero-order chi connectivity index (χ0) is 14.7. The van der Waals surface area contributed by atoms with E-state index >= 15 is 0 Å². The molecule has 0 saturated carbocycles. The first-order chi connectivity index (χ1) is 9.47. The first-order valence-electron chi connectivity index (χ1n) is 5.51. The molecule has 0 atom stereocenters. The van der Waals surface area contributed by atoms with Gasteiger partial charge in [-0.05, 0) is 42.5 Å². The maximum Gasteiger partial charge on any atom is 0.336 e. The average molecular weight is 309 g/mol. The number of rotatable bonds is 4. The van der Waals surface area contributed by atoms with Gasteiger partial charge in [-0.25, -0.2) is 9.59 Å². The molecule has 0 heterocycles. The van der Waals surface area contributed by atoms with E-state index in [0.717, 1.165) is 11.0 Å². The minimum Gasteiger partial charge on any atom is -0.478 e. The van der Waals surface area contributed by atoms with Gasteiger partial charge in [-0.1, -0.05) is 23.4 Å². The molecule has 20 heavy (non-hydrogen) atoms. The minimum absolute atomic E-state index is 0.0372. The predicted molar refractivity (Wildman–Crippen MR) is 75.9 cm³/mol. The highest BCUT2D eigenvalue weighted by atomic mass is 35.5. The molecule has 0 aliphatic heterocycles. The van der Waals surface area contributed by atoms with E-state index in [2.05, 4.69) is 0 Å². The van der Waals surface area contributed by atoms with Crippen LogP contribution in [-0.2, 0) is 0 Å². The van der Waals surface area contributed by atoms with Gasteiger partial charge < -0.3 is 10.2 Å². The maximum atomic E-state index is 11.2. The van der Waals surface area contributed by atoms with Crippen LogP contribution in [0.2, 0.25) is 5.02 Å². The predicted octanol–water partition coefficient (Wildman–Crippen LogP) is 3.89. The minimum atomic E-state index is -1.16. The van der Waals surface area contributed by atoms with Gasteiger partial charge in [0.2, 0.25) is 0 Å². The van der Waals surface area contributed by atoms with Crippen molar-refractivity contribution in [3.8, 4) is 0 Å². The summed E-state index contributed by atoms with van der Waals surface area (Å²) in [7, 11) is 0. The van der Waals surface area contributed by atoms with Gasteiger partial charge in [0.25, 0.3) is 0 Å². The molecular formula is C14H9ClO4S. The molecule has 2 aromatic rings. The molecule has 0 saturated heterocycles. The monoisotopic (exact) mass is 308 g/mol. The molecule has 0 unspecified atom stereocenters. The molecule has 0 radical (unpaired) electrons. The molecule has 2 N–H and O–H groups in total. The molecule has 6 heteroatoms. The Morgan fingerprint density at radius 1 is 0.950 bits per heavy atom. The van der Waals surface area contributed by atoms with E-state index in [4.69, 9.17) is 21.8 Å². The Balaban J connectivity index is 2.38. The van der Waals surface area contributed by atoms with Crippen LogP contribution in [0, 0.1) is 0 Å². The van der Waals surface area contributed by atoms with Crippen LogP contribution in [0.1, 0.15) is 20.7 Å². The van der Waals surface area contributed by atoms with Gasteiger partial charge in [0.1, 0.15) is 0 Å². The van der Waals surface area contributed by atoms with Crippen molar-refractivity contribution in [3.63, 3.8) is 0 Å². The van der Waals surface area contributed by atoms with Crippen molar-refractivity contribution >= 4 is 35.3 Å². The molecule has 0 aliphatic carbocycles. The van der Waals surface area contributed by atoms with Crippen LogP contribution in [0.5, 0.6) is 0 Å². The molecule has 0 aromatic heterocycles. The van der Waals surface area contributed by atoms with E-state index in [1.165, 1.54) is 23.9 Å². The zero-order valence-corrected chi connectivity index (χ0v) is 11.6. The lowest BCUT2D eigenvalue weighted by Gasteiger charge is -2.07. The summed E-state index contributed by atoms with van der Waals surface area (Å²) in [5, 5.41) is 18.6. The fourth-order valence-electron chi connectivity index (χ4n) is 1.55. The molecule has 0 spiro atoms. The van der Waals surface area contributed by atoms with Crippen LogP contribution in [0.4, 0.5) is 0 Å². The number of carbonyl (C=O) groups is 2. The van der Waals surface area contributed by atoms with Crippen molar-refractivity contribution in [1.29, 1.82) is 0 Å². The van der Waals surface area contributed by atoms with Crippen molar-refractivity contribution < 1.29 is 19.8 Å². The van der Waals surface area contributed by atoms with Gasteiger partial charge in [-0.3, -0.25) is 0 Å². The van der Waals surface area contributed by atoms with Crippen molar-refractivity contribution in [2.75, 3.05) is 0 Å². The van der Waals surface area contributed by atoms with E-state index in [9.17, 15) is 9.59 Å². The standard InChI is InChI=1S/C14H9ClO4S/c15-9-2-4-10(5-3-9)20-12-6-1-8(13(16)17)7-11(12)14(18)19/h1-7H,(H,16,17)(H,18,19). The molecule has 0 amide bonds. The Morgan fingerprint density at radius 3 is 2.15 bits per heavy atom. The van der Waals surface area contributed by atoms with Crippen LogP contribution < -0.4 is 0 Å². The molecule has 4 nitrogen and oxygen atoms in total. The summed E-state index contributed by atoms with van der Waals surface area (Å²) in [5.74, 6) is -2.32. The molecule has 2 rings (SSSR count). The number of carboxylic acid groups (broad SMARTS) is 2. The van der Waals surface area contributed by atoms with Crippen molar-refractivity contribution in [3.05, 3.63) is 58.6 Å². The van der Waals surface area contributed by atoms with Gasteiger partial charge in [-0.2, -0.15) is 0 Å². The number of carboxylic acids is 2. The highest BCUT2D eigenvalue weighted by molar-refractivity contribution is 7.99. The Morgan fingerprint density at radius 2 is 1.60 bits per heavy atom. The highest BCUT2D eigenvalue weighted by Gasteiger charge is 2.14. The van der Waals surface area contributed by atoms with E-state index < -0.39 is 11.9 Å². The molecule has 0 fully saturated rings. The molecule has 0 bridgehead atoms. The number of halogens is 1. The second-order valence-electron chi connectivity index (χ2n) is 3.88. The first kappa shape index (κ1) is 14.4. The van der Waals surface area contributed by atoms with Crippen LogP contribution in [0.25, 0.3) is 0 Å². The van der Waals surface area contributed by atoms with Crippen LogP contribution in [-0.4, -0.2) is 22.2 Å². The SMILES string of the molecule is O=C(O)c1ccc(Sc2ccc(Cl)cc2)c(C(=O)O)c1. The van der Waals surface area contributed by atoms with Gasteiger partial charge in [-0.15, -0.1) is 0 Å². The second kappa shape index (κ2) is 5.98. The van der Waals surface area contributed by atoms with Crippen molar-refractivity contribution in [1.82, 2.24) is 0 Å². The molecule has 2 aromatic carbocycles. The molecule has 0 aliphatic rings. The maximum absolute atomic E-state index is 11.2. The number of hydrogen-bond donors (Lipinski definition) is 2. The third-order valence-corrected chi connectivity index (χ3v) is 3.83. The third kappa shape index (κ3) is 3.31. The lowest BCUT2D eigenvalue weighted by Crippen LogP contribution is -2.03. The molecular weight excluding hydrogens is 300 g/mol. The van der Waals surface area contributed by atoms with Gasteiger partial charge in [0.15, 0.2) is 0 Å². The highest BCUT2D eigenvalue weighted by Crippen LogP contribution is 2.31. The fraction of sp³-hybridized carbons (Fsp3) is 0. The van der Waals surface area contributed by atoms with Crippen LogP contribution in [0.15, 0.2) is 52.3 Å². The number of benzene rings is 2. The largest absolute Gasteiger partial charge is 0.478 e. The summed E-state index contributed by atoms with van der Waals surface area (Å²) < 4.78 is 0. The summed E-state index contributed by atoms with van der Waals surface area (Å²) in [5.41, 5.74) is -0.0901. The van der Waals surface area contributed by atoms with Crippen LogP contribution >= 0.6 is 23.4 Å². The average Bonchev–Trinajstić information content (AvgIpc) is 2.41. The summed E-state index contributed by atoms with van der Waals surface area (Å²) in [4.78, 5) is 23.4. The van der Waals surface area contributed by atoms with Crippen molar-refractivity contribution in [2.45, 2.75) is 9.79 Å². The fourth-order valence-corrected chi connectivity index (χ4v) is 2.59. The van der Waals surface area contributed by atoms with E-state index in [0.29, 0.717) is 9.92 Å². The summed E-state index contributed by atoms with van der Waals surface area (Å²) >= 11 is 7.02. The van der Waals surface area contributed by atoms with Gasteiger partial charge >= 0.3 is 11.9 Å². The van der Waals surface area contributed by atoms with E-state index in [-0.39, 0.29) is 11.1 Å². The summed E-state index contributed by atoms with van der Waals surface area (Å²) in [6, 6.07) is 11.0. The zero-order valence-electron chi connectivity index (χ0n) is 10.0. The van der Waals surface area contributed by atoms with Crippen LogP contribution in [0.3, 0.4) is 0 Å². The lowest BCUT2D eigenvalue weighted by molar-refractivity contribution is 0.0693. The number of hydrogen-bond acceptors (Lipinski definition) is 3. The lowest BCUT2D eigenvalue weighted by atomic mass is 10.1. The Hall–Kier alpha value is -1.98. The smallest absolute Gasteiger partial charge is 0.336 e. The normalized spacial score (nSPS) is 10.2. The molecule has 102 valence electrons. The Kier molecular flexibility index (Phi) is 4.32. The second-order valence-corrected chi connectivity index (χ2v) is 5.43. The Bertz CT molecular complexity index is 667. The van der Waals surface area contributed by atoms with E-state index in [1.807, 2.05) is 0 Å².